The first-order valence-corrected chi connectivity index (χ1v) is 11.2. The molecule has 1 unspecified atom stereocenters. The summed E-state index contributed by atoms with van der Waals surface area (Å²) in [7, 11) is 0. The number of rotatable bonds is 7. The minimum absolute atomic E-state index is 0.0646. The minimum Gasteiger partial charge on any atom is -0.480 e. The number of aliphatic carboxylic acids is 1. The summed E-state index contributed by atoms with van der Waals surface area (Å²) < 4.78 is 10.8. The number of nitrogens with one attached hydrogen (secondary N) is 1. The van der Waals surface area contributed by atoms with Gasteiger partial charge < -0.3 is 24.8 Å². The van der Waals surface area contributed by atoms with E-state index in [-0.39, 0.29) is 32.3 Å². The summed E-state index contributed by atoms with van der Waals surface area (Å²) in [5, 5.41) is 12.1. The molecule has 0 bridgehead atoms. The number of hydrogen-bond donors (Lipinski definition) is 2. The van der Waals surface area contributed by atoms with Crippen molar-refractivity contribution in [2.75, 3.05) is 26.4 Å². The maximum absolute atomic E-state index is 13.1. The van der Waals surface area contributed by atoms with Gasteiger partial charge in [-0.2, -0.15) is 0 Å². The van der Waals surface area contributed by atoms with E-state index in [0.717, 1.165) is 22.3 Å². The maximum atomic E-state index is 13.1. The predicted octanol–water partition coefficient (Wildman–Crippen LogP) is 3.01. The van der Waals surface area contributed by atoms with Gasteiger partial charge in [0.1, 0.15) is 12.6 Å². The van der Waals surface area contributed by atoms with Gasteiger partial charge in [0, 0.05) is 12.5 Å². The zero-order chi connectivity index (χ0) is 23.4. The molecule has 2 aromatic rings. The zero-order valence-electron chi connectivity index (χ0n) is 18.5. The first-order chi connectivity index (χ1) is 16.0. The van der Waals surface area contributed by atoms with E-state index in [4.69, 9.17) is 9.47 Å². The fourth-order valence-electron chi connectivity index (χ4n) is 4.60. The van der Waals surface area contributed by atoms with Gasteiger partial charge in [-0.05, 0) is 28.7 Å². The lowest BCUT2D eigenvalue weighted by molar-refractivity contribution is -0.159. The van der Waals surface area contributed by atoms with Gasteiger partial charge in [-0.3, -0.25) is 4.79 Å². The summed E-state index contributed by atoms with van der Waals surface area (Å²) in [4.78, 5) is 38.5. The van der Waals surface area contributed by atoms with Gasteiger partial charge in [-0.15, -0.1) is 0 Å². The lowest BCUT2D eigenvalue weighted by Gasteiger charge is -2.35. The van der Waals surface area contributed by atoms with Crippen LogP contribution in [0, 0.1) is 0 Å². The number of benzene rings is 2. The number of hydrogen-bond acceptors (Lipinski definition) is 5. The molecule has 0 radical (unpaired) electrons. The van der Waals surface area contributed by atoms with E-state index in [1.807, 2.05) is 43.3 Å². The molecule has 1 aliphatic heterocycles. The zero-order valence-corrected chi connectivity index (χ0v) is 18.5. The first-order valence-electron chi connectivity index (χ1n) is 11.2. The summed E-state index contributed by atoms with van der Waals surface area (Å²) in [6, 6.07) is 14.2. The molecule has 8 heteroatoms. The van der Waals surface area contributed by atoms with E-state index in [1.165, 1.54) is 4.90 Å². The second kappa shape index (κ2) is 10.0. The predicted molar refractivity (Wildman–Crippen MR) is 121 cm³/mol. The quantitative estimate of drug-likeness (QED) is 0.669. The topological polar surface area (TPSA) is 105 Å². The van der Waals surface area contributed by atoms with Crippen molar-refractivity contribution in [3.05, 3.63) is 59.7 Å². The van der Waals surface area contributed by atoms with Crippen LogP contribution in [0.4, 0.5) is 4.79 Å². The molecule has 1 saturated heterocycles. The van der Waals surface area contributed by atoms with Crippen LogP contribution >= 0.6 is 0 Å². The van der Waals surface area contributed by atoms with Crippen LogP contribution in [0.25, 0.3) is 11.1 Å². The molecule has 2 atom stereocenters. The van der Waals surface area contributed by atoms with Crippen LogP contribution in [0.1, 0.15) is 36.8 Å². The first kappa shape index (κ1) is 22.8. The van der Waals surface area contributed by atoms with Crippen LogP contribution in [-0.4, -0.2) is 66.4 Å². The standard InChI is InChI=1S/C25H28N2O6/c1-2-7-21(23(28)27-12-13-32-15-22(27)24(29)30)26-25(31)33-14-20-18-10-5-3-8-16(18)17-9-4-6-11-19(17)20/h3-6,8-11,20-22H,2,7,12-15H2,1H3,(H,26,31)(H,29,30)/t21-,22?/m1/s1. The fourth-order valence-corrected chi connectivity index (χ4v) is 4.60. The molecule has 2 aromatic carbocycles. The Balaban J connectivity index is 1.43. The third kappa shape index (κ3) is 4.71. The number of nitrogens with zero attached hydrogens (tertiary/aromatic N) is 1. The van der Waals surface area contributed by atoms with Crippen LogP contribution in [-0.2, 0) is 19.1 Å². The number of carbonyl (C=O) groups excluding carboxylic acids is 2. The molecule has 1 heterocycles. The van der Waals surface area contributed by atoms with Gasteiger partial charge >= 0.3 is 12.1 Å². The van der Waals surface area contributed by atoms with Crippen molar-refractivity contribution in [1.82, 2.24) is 10.2 Å². The highest BCUT2D eigenvalue weighted by Crippen LogP contribution is 2.44. The SMILES string of the molecule is CCC[C@@H](NC(=O)OCC1c2ccccc2-c2ccccc21)C(=O)N1CCOCC1C(=O)O. The Morgan fingerprint density at radius 3 is 2.36 bits per heavy atom. The Bertz CT molecular complexity index is 994. The molecule has 0 aromatic heterocycles. The smallest absolute Gasteiger partial charge is 0.407 e. The van der Waals surface area contributed by atoms with Gasteiger partial charge in [0.15, 0.2) is 6.04 Å². The van der Waals surface area contributed by atoms with Gasteiger partial charge in [0.05, 0.1) is 13.2 Å². The Hall–Kier alpha value is -3.39. The number of carboxylic acid groups (broad SMARTS) is 1. The van der Waals surface area contributed by atoms with E-state index >= 15 is 0 Å². The molecule has 0 saturated carbocycles. The van der Waals surface area contributed by atoms with Crippen LogP contribution in [0.2, 0.25) is 0 Å². The lowest BCUT2D eigenvalue weighted by atomic mass is 9.98. The lowest BCUT2D eigenvalue weighted by Crippen LogP contribution is -2.58. The number of fused-ring (bicyclic) bond motifs is 3. The average Bonchev–Trinajstić information content (AvgIpc) is 3.15. The minimum atomic E-state index is -1.13. The van der Waals surface area contributed by atoms with E-state index in [9.17, 15) is 19.5 Å². The highest BCUT2D eigenvalue weighted by Gasteiger charge is 2.37. The van der Waals surface area contributed by atoms with Crippen molar-refractivity contribution in [2.24, 2.45) is 0 Å². The van der Waals surface area contributed by atoms with Crippen molar-refractivity contribution in [1.29, 1.82) is 0 Å². The monoisotopic (exact) mass is 452 g/mol. The molecular weight excluding hydrogens is 424 g/mol. The van der Waals surface area contributed by atoms with Crippen molar-refractivity contribution in [2.45, 2.75) is 37.8 Å². The molecule has 174 valence electrons. The molecule has 2 amide bonds. The third-order valence-corrected chi connectivity index (χ3v) is 6.21. The third-order valence-electron chi connectivity index (χ3n) is 6.21. The summed E-state index contributed by atoms with van der Waals surface area (Å²) in [6.07, 6.45) is 0.332. The number of morpholine rings is 1. The van der Waals surface area contributed by atoms with E-state index < -0.39 is 30.1 Å². The summed E-state index contributed by atoms with van der Waals surface area (Å²) in [6.45, 7) is 2.41. The molecule has 2 N–H and O–H groups in total. The highest BCUT2D eigenvalue weighted by molar-refractivity contribution is 5.89. The van der Waals surface area contributed by atoms with Crippen LogP contribution in [0.15, 0.2) is 48.5 Å². The summed E-state index contributed by atoms with van der Waals surface area (Å²) >= 11 is 0. The molecule has 1 fully saturated rings. The number of alkyl carbamates (subject to hydrolysis) is 1. The number of ether oxygens (including phenoxy) is 2. The number of carboxylic acids is 1. The van der Waals surface area contributed by atoms with Crippen molar-refractivity contribution in [3.63, 3.8) is 0 Å². The molecule has 8 nitrogen and oxygen atoms in total. The largest absolute Gasteiger partial charge is 0.480 e. The van der Waals surface area contributed by atoms with Gasteiger partial charge in [0.2, 0.25) is 5.91 Å². The molecule has 4 rings (SSSR count). The Labute approximate surface area is 192 Å². The fraction of sp³-hybridized carbons (Fsp3) is 0.400. The summed E-state index contributed by atoms with van der Waals surface area (Å²) in [5.74, 6) is -1.64. The molecule has 1 aliphatic carbocycles. The van der Waals surface area contributed by atoms with E-state index in [1.54, 1.807) is 0 Å². The van der Waals surface area contributed by atoms with Crippen LogP contribution in [0.3, 0.4) is 0 Å². The normalized spacial score (nSPS) is 18.2. The van der Waals surface area contributed by atoms with Crippen LogP contribution < -0.4 is 5.32 Å². The maximum Gasteiger partial charge on any atom is 0.407 e. The Kier molecular flexibility index (Phi) is 6.93. The number of amides is 2. The van der Waals surface area contributed by atoms with E-state index in [2.05, 4.69) is 17.4 Å². The van der Waals surface area contributed by atoms with E-state index in [0.29, 0.717) is 12.8 Å². The van der Waals surface area contributed by atoms with Gasteiger partial charge in [0.25, 0.3) is 0 Å². The summed E-state index contributed by atoms with van der Waals surface area (Å²) in [5.41, 5.74) is 4.47. The Morgan fingerprint density at radius 1 is 1.12 bits per heavy atom. The van der Waals surface area contributed by atoms with Crippen LogP contribution in [0.5, 0.6) is 0 Å². The average molecular weight is 453 g/mol. The number of carbonyl (C=O) groups is 3. The molecule has 2 aliphatic rings. The van der Waals surface area contributed by atoms with Crippen molar-refractivity contribution >= 4 is 18.0 Å². The second-order valence-corrected chi connectivity index (χ2v) is 8.27. The second-order valence-electron chi connectivity index (χ2n) is 8.27. The molecule has 0 spiro atoms. The van der Waals surface area contributed by atoms with Gasteiger partial charge in [-0.25, -0.2) is 9.59 Å². The van der Waals surface area contributed by atoms with Crippen molar-refractivity contribution in [3.8, 4) is 11.1 Å². The molecule has 33 heavy (non-hydrogen) atoms. The molecular formula is C25H28N2O6. The Morgan fingerprint density at radius 2 is 1.76 bits per heavy atom. The van der Waals surface area contributed by atoms with Gasteiger partial charge in [-0.1, -0.05) is 61.9 Å². The van der Waals surface area contributed by atoms with Crippen molar-refractivity contribution < 1.29 is 29.0 Å². The highest BCUT2D eigenvalue weighted by atomic mass is 16.5.